The fourth-order valence-electron chi connectivity index (χ4n) is 3.94. The van der Waals surface area contributed by atoms with Crippen molar-refractivity contribution in [1.29, 1.82) is 0 Å². The topological polar surface area (TPSA) is 66.5 Å². The van der Waals surface area contributed by atoms with Gasteiger partial charge in [-0.25, -0.2) is 8.42 Å². The van der Waals surface area contributed by atoms with E-state index < -0.39 is 10.0 Å². The number of hydrogen-bond acceptors (Lipinski definition) is 4. The molecule has 1 fully saturated rings. The number of rotatable bonds is 6. The first-order chi connectivity index (χ1) is 14.9. The van der Waals surface area contributed by atoms with Gasteiger partial charge in [0.05, 0.1) is 12.0 Å². The lowest BCUT2D eigenvalue weighted by Crippen LogP contribution is -2.46. The van der Waals surface area contributed by atoms with Crippen molar-refractivity contribution in [2.24, 2.45) is 5.92 Å². The zero-order valence-electron chi connectivity index (χ0n) is 17.4. The summed E-state index contributed by atoms with van der Waals surface area (Å²) >= 11 is 1.21. The SMILES string of the molecule is Cc1ccc(C(NC(=O)C2CCCN(S(=O)(=O)c3cccs3)C2)c2ccccc2)cc1. The Balaban J connectivity index is 1.54. The molecule has 1 aliphatic heterocycles. The van der Waals surface area contributed by atoms with E-state index in [1.807, 2.05) is 61.5 Å². The Morgan fingerprint density at radius 1 is 1.03 bits per heavy atom. The molecule has 3 aromatic rings. The van der Waals surface area contributed by atoms with Gasteiger partial charge in [-0.3, -0.25) is 4.79 Å². The van der Waals surface area contributed by atoms with E-state index in [1.165, 1.54) is 15.6 Å². The first-order valence-corrected chi connectivity index (χ1v) is 12.7. The largest absolute Gasteiger partial charge is 0.345 e. The van der Waals surface area contributed by atoms with E-state index >= 15 is 0 Å². The van der Waals surface area contributed by atoms with Crippen molar-refractivity contribution < 1.29 is 13.2 Å². The summed E-state index contributed by atoms with van der Waals surface area (Å²) in [5.74, 6) is -0.486. The summed E-state index contributed by atoms with van der Waals surface area (Å²) in [5.41, 5.74) is 3.16. The highest BCUT2D eigenvalue weighted by atomic mass is 32.2. The molecule has 2 atom stereocenters. The van der Waals surface area contributed by atoms with Crippen LogP contribution < -0.4 is 5.32 Å². The third-order valence-electron chi connectivity index (χ3n) is 5.67. The van der Waals surface area contributed by atoms with Crippen molar-refractivity contribution >= 4 is 27.3 Å². The number of sulfonamides is 1. The lowest BCUT2D eigenvalue weighted by molar-refractivity contribution is -0.126. The Hall–Kier alpha value is -2.48. The molecule has 1 amide bonds. The smallest absolute Gasteiger partial charge is 0.252 e. The molecule has 31 heavy (non-hydrogen) atoms. The number of hydrogen-bond donors (Lipinski definition) is 1. The van der Waals surface area contributed by atoms with E-state index in [2.05, 4.69) is 5.32 Å². The number of nitrogens with one attached hydrogen (secondary N) is 1. The van der Waals surface area contributed by atoms with Crippen LogP contribution in [0.4, 0.5) is 0 Å². The van der Waals surface area contributed by atoms with Crippen LogP contribution in [0.3, 0.4) is 0 Å². The van der Waals surface area contributed by atoms with E-state index in [9.17, 15) is 13.2 Å². The van der Waals surface area contributed by atoms with Gasteiger partial charge < -0.3 is 5.32 Å². The predicted octanol–water partition coefficient (Wildman–Crippen LogP) is 4.36. The Kier molecular flexibility index (Phi) is 6.55. The number of aryl methyl sites for hydroxylation is 1. The highest BCUT2D eigenvalue weighted by Crippen LogP contribution is 2.28. The van der Waals surface area contributed by atoms with Crippen molar-refractivity contribution in [1.82, 2.24) is 9.62 Å². The summed E-state index contributed by atoms with van der Waals surface area (Å²) in [7, 11) is -3.55. The quantitative estimate of drug-likeness (QED) is 0.602. The summed E-state index contributed by atoms with van der Waals surface area (Å²) in [4.78, 5) is 13.3. The minimum Gasteiger partial charge on any atom is -0.345 e. The number of carbonyl (C=O) groups excluding carboxylic acids is 1. The van der Waals surface area contributed by atoms with Crippen LogP contribution in [0, 0.1) is 12.8 Å². The van der Waals surface area contributed by atoms with E-state index in [1.54, 1.807) is 17.5 Å². The summed E-state index contributed by atoms with van der Waals surface area (Å²) < 4.78 is 27.6. The van der Waals surface area contributed by atoms with Crippen LogP contribution in [0.5, 0.6) is 0 Å². The molecule has 162 valence electrons. The van der Waals surface area contributed by atoms with Gasteiger partial charge in [0.1, 0.15) is 4.21 Å². The van der Waals surface area contributed by atoms with E-state index in [4.69, 9.17) is 0 Å². The Bertz CT molecular complexity index is 1110. The number of thiophene rings is 1. The van der Waals surface area contributed by atoms with Gasteiger partial charge in [0.15, 0.2) is 0 Å². The van der Waals surface area contributed by atoms with E-state index in [0.717, 1.165) is 16.7 Å². The molecule has 2 heterocycles. The lowest BCUT2D eigenvalue weighted by Gasteiger charge is -2.32. The normalized spacial score (nSPS) is 18.4. The van der Waals surface area contributed by atoms with Crippen LogP contribution >= 0.6 is 11.3 Å². The van der Waals surface area contributed by atoms with E-state index in [0.29, 0.717) is 23.6 Å². The maximum Gasteiger partial charge on any atom is 0.252 e. The number of nitrogens with zero attached hydrogens (tertiary/aromatic N) is 1. The van der Waals surface area contributed by atoms with Crippen LogP contribution in [0.1, 0.15) is 35.6 Å². The molecule has 2 unspecified atom stereocenters. The average molecular weight is 455 g/mol. The molecular formula is C24H26N2O3S2. The minimum absolute atomic E-state index is 0.111. The van der Waals surface area contributed by atoms with Crippen molar-refractivity contribution in [3.63, 3.8) is 0 Å². The summed E-state index contributed by atoms with van der Waals surface area (Å²) in [6, 6.07) is 21.1. The van der Waals surface area contributed by atoms with Crippen LogP contribution in [0.15, 0.2) is 76.3 Å². The molecule has 0 radical (unpaired) electrons. The van der Waals surface area contributed by atoms with Crippen LogP contribution in [-0.4, -0.2) is 31.7 Å². The highest BCUT2D eigenvalue weighted by Gasteiger charge is 2.34. The standard InChI is InChI=1S/C24H26N2O3S2/c1-18-11-13-20(14-12-18)23(19-7-3-2-4-8-19)25-24(27)21-9-5-15-26(17-21)31(28,29)22-10-6-16-30-22/h2-4,6-8,10-14,16,21,23H,5,9,15,17H2,1H3,(H,25,27). The van der Waals surface area contributed by atoms with Gasteiger partial charge in [-0.2, -0.15) is 4.31 Å². The van der Waals surface area contributed by atoms with Gasteiger partial charge in [-0.15, -0.1) is 11.3 Å². The van der Waals surface area contributed by atoms with Crippen LogP contribution in [0.25, 0.3) is 0 Å². The molecule has 1 saturated heterocycles. The third kappa shape index (κ3) is 4.89. The predicted molar refractivity (Wildman–Crippen MR) is 123 cm³/mol. The molecule has 1 aromatic heterocycles. The minimum atomic E-state index is -3.55. The summed E-state index contributed by atoms with van der Waals surface area (Å²) in [6.07, 6.45) is 1.35. The lowest BCUT2D eigenvalue weighted by atomic mass is 9.94. The molecule has 5 nitrogen and oxygen atoms in total. The van der Waals surface area contributed by atoms with Gasteiger partial charge in [0, 0.05) is 13.1 Å². The second-order valence-electron chi connectivity index (χ2n) is 7.90. The van der Waals surface area contributed by atoms with Gasteiger partial charge in [-0.1, -0.05) is 66.2 Å². The monoisotopic (exact) mass is 454 g/mol. The summed E-state index contributed by atoms with van der Waals surface area (Å²) in [6.45, 7) is 2.69. The van der Waals surface area contributed by atoms with Gasteiger partial charge in [0.2, 0.25) is 5.91 Å². The molecule has 2 aromatic carbocycles. The van der Waals surface area contributed by atoms with Crippen LogP contribution in [-0.2, 0) is 14.8 Å². The van der Waals surface area contributed by atoms with Crippen molar-refractivity contribution in [2.75, 3.05) is 13.1 Å². The van der Waals surface area contributed by atoms with Gasteiger partial charge in [0.25, 0.3) is 10.0 Å². The molecule has 4 rings (SSSR count). The Morgan fingerprint density at radius 3 is 2.42 bits per heavy atom. The Labute approximate surface area is 187 Å². The number of benzene rings is 2. The van der Waals surface area contributed by atoms with Crippen molar-refractivity contribution in [3.8, 4) is 0 Å². The van der Waals surface area contributed by atoms with Gasteiger partial charge in [-0.05, 0) is 42.3 Å². The molecule has 1 aliphatic rings. The number of amides is 1. The summed E-state index contributed by atoms with van der Waals surface area (Å²) in [5, 5.41) is 4.94. The van der Waals surface area contributed by atoms with E-state index in [-0.39, 0.29) is 24.4 Å². The fourth-order valence-corrected chi connectivity index (χ4v) is 6.60. The molecule has 7 heteroatoms. The molecule has 0 bridgehead atoms. The zero-order valence-corrected chi connectivity index (χ0v) is 19.0. The second-order valence-corrected chi connectivity index (χ2v) is 11.0. The molecule has 0 saturated carbocycles. The van der Waals surface area contributed by atoms with Crippen molar-refractivity contribution in [3.05, 3.63) is 88.8 Å². The highest BCUT2D eigenvalue weighted by molar-refractivity contribution is 7.91. The average Bonchev–Trinajstić information content (AvgIpc) is 3.35. The second kappa shape index (κ2) is 9.34. The maximum atomic E-state index is 13.3. The molecule has 0 aliphatic carbocycles. The Morgan fingerprint density at radius 2 is 1.74 bits per heavy atom. The number of piperidine rings is 1. The third-order valence-corrected chi connectivity index (χ3v) is 8.91. The fraction of sp³-hybridized carbons (Fsp3) is 0.292. The zero-order chi connectivity index (χ0) is 21.8. The van der Waals surface area contributed by atoms with Crippen molar-refractivity contribution in [2.45, 2.75) is 30.0 Å². The van der Waals surface area contributed by atoms with Gasteiger partial charge >= 0.3 is 0 Å². The maximum absolute atomic E-state index is 13.3. The number of carbonyl (C=O) groups is 1. The molecule has 0 spiro atoms. The van der Waals surface area contributed by atoms with Crippen LogP contribution in [0.2, 0.25) is 0 Å². The first kappa shape index (κ1) is 21.7. The first-order valence-electron chi connectivity index (χ1n) is 10.4. The molecule has 1 N–H and O–H groups in total. The molecular weight excluding hydrogens is 428 g/mol.